The van der Waals surface area contributed by atoms with Crippen LogP contribution in [0.1, 0.15) is 5.56 Å². The Morgan fingerprint density at radius 2 is 1.96 bits per heavy atom. The van der Waals surface area contributed by atoms with Gasteiger partial charge in [0.25, 0.3) is 5.56 Å². The van der Waals surface area contributed by atoms with E-state index in [1.54, 1.807) is 6.07 Å². The summed E-state index contributed by atoms with van der Waals surface area (Å²) >= 11 is 4.73. The Morgan fingerprint density at radius 3 is 2.74 bits per heavy atom. The third-order valence-electron chi connectivity index (χ3n) is 3.46. The van der Waals surface area contributed by atoms with E-state index < -0.39 is 0 Å². The van der Waals surface area contributed by atoms with Crippen molar-refractivity contribution >= 4 is 53.9 Å². The van der Waals surface area contributed by atoms with Crippen molar-refractivity contribution in [3.05, 3.63) is 62.9 Å². The van der Waals surface area contributed by atoms with E-state index in [1.165, 1.54) is 21.4 Å². The van der Waals surface area contributed by atoms with Crippen molar-refractivity contribution in [1.82, 2.24) is 14.6 Å². The highest BCUT2D eigenvalue weighted by Crippen LogP contribution is 2.23. The summed E-state index contributed by atoms with van der Waals surface area (Å²) in [6.07, 6.45) is 0. The number of nitrogens with zero attached hydrogens (tertiary/aromatic N) is 3. The second kappa shape index (κ2) is 5.43. The van der Waals surface area contributed by atoms with E-state index in [0.29, 0.717) is 21.0 Å². The van der Waals surface area contributed by atoms with E-state index in [-0.39, 0.29) is 5.56 Å². The second-order valence-electron chi connectivity index (χ2n) is 5.17. The first-order valence-corrected chi connectivity index (χ1v) is 8.54. The standard InChI is InChI=1S/C16H11BrN4OS/c1-9-2-5-11(6-3-9)18-15-20-21-14(22)12-8-10(17)4-7-13(12)19-16(21)23-15/h2-8H,1H3,(H,18,20). The lowest BCUT2D eigenvalue weighted by Crippen LogP contribution is -2.15. The van der Waals surface area contributed by atoms with Crippen molar-refractivity contribution in [3.8, 4) is 0 Å². The van der Waals surface area contributed by atoms with Gasteiger partial charge in [-0.05, 0) is 37.3 Å². The number of benzene rings is 2. The molecule has 0 amide bonds. The highest BCUT2D eigenvalue weighted by Gasteiger charge is 2.11. The molecule has 0 fully saturated rings. The van der Waals surface area contributed by atoms with Crippen LogP contribution in [-0.4, -0.2) is 14.6 Å². The Balaban J connectivity index is 1.84. The summed E-state index contributed by atoms with van der Waals surface area (Å²) in [6, 6.07) is 13.5. The third-order valence-corrected chi connectivity index (χ3v) is 4.78. The lowest BCUT2D eigenvalue weighted by atomic mass is 10.2. The Bertz CT molecular complexity index is 1090. The second-order valence-corrected chi connectivity index (χ2v) is 7.04. The molecule has 0 aliphatic carbocycles. The fourth-order valence-electron chi connectivity index (χ4n) is 2.29. The molecule has 2 aromatic heterocycles. The zero-order chi connectivity index (χ0) is 16.0. The van der Waals surface area contributed by atoms with Crippen molar-refractivity contribution in [2.24, 2.45) is 0 Å². The van der Waals surface area contributed by atoms with Crippen molar-refractivity contribution in [2.75, 3.05) is 5.32 Å². The van der Waals surface area contributed by atoms with Crippen molar-refractivity contribution in [1.29, 1.82) is 0 Å². The molecule has 2 heterocycles. The largest absolute Gasteiger partial charge is 0.330 e. The normalized spacial score (nSPS) is 11.2. The fraction of sp³-hybridized carbons (Fsp3) is 0.0625. The van der Waals surface area contributed by atoms with Crippen molar-refractivity contribution < 1.29 is 0 Å². The number of hydrogen-bond donors (Lipinski definition) is 1. The highest BCUT2D eigenvalue weighted by atomic mass is 79.9. The molecule has 4 aromatic rings. The predicted octanol–water partition coefficient (Wildman–Crippen LogP) is 4.12. The summed E-state index contributed by atoms with van der Waals surface area (Å²) in [7, 11) is 0. The van der Waals surface area contributed by atoms with Gasteiger partial charge in [-0.2, -0.15) is 4.52 Å². The number of aryl methyl sites for hydroxylation is 1. The summed E-state index contributed by atoms with van der Waals surface area (Å²) in [4.78, 5) is 17.7. The van der Waals surface area contributed by atoms with Crippen LogP contribution < -0.4 is 10.9 Å². The molecule has 114 valence electrons. The maximum atomic E-state index is 12.6. The molecule has 0 spiro atoms. The Kier molecular flexibility index (Phi) is 3.39. The molecule has 1 N–H and O–H groups in total. The SMILES string of the molecule is Cc1ccc(Nc2nn3c(=O)c4cc(Br)ccc4nc3s2)cc1. The minimum Gasteiger partial charge on any atom is -0.330 e. The topological polar surface area (TPSA) is 59.3 Å². The van der Waals surface area contributed by atoms with Crippen LogP contribution in [-0.2, 0) is 0 Å². The first-order chi connectivity index (χ1) is 11.1. The molecule has 5 nitrogen and oxygen atoms in total. The number of hydrogen-bond acceptors (Lipinski definition) is 5. The predicted molar refractivity (Wildman–Crippen MR) is 96.8 cm³/mol. The van der Waals surface area contributed by atoms with Gasteiger partial charge in [-0.25, -0.2) is 4.98 Å². The maximum absolute atomic E-state index is 12.6. The first-order valence-electron chi connectivity index (χ1n) is 6.93. The van der Waals surface area contributed by atoms with Crippen LogP contribution in [0, 0.1) is 6.92 Å². The maximum Gasteiger partial charge on any atom is 0.283 e. The smallest absolute Gasteiger partial charge is 0.283 e. The molecule has 0 unspecified atom stereocenters. The Labute approximate surface area is 143 Å². The number of aromatic nitrogens is 3. The van der Waals surface area contributed by atoms with E-state index in [9.17, 15) is 4.79 Å². The van der Waals surface area contributed by atoms with Crippen LogP contribution in [0.5, 0.6) is 0 Å². The van der Waals surface area contributed by atoms with Crippen LogP contribution in [0.15, 0.2) is 51.7 Å². The number of halogens is 1. The minimum absolute atomic E-state index is 0.167. The van der Waals surface area contributed by atoms with Gasteiger partial charge in [0, 0.05) is 10.2 Å². The molecule has 23 heavy (non-hydrogen) atoms. The molecule has 7 heteroatoms. The van der Waals surface area contributed by atoms with E-state index in [2.05, 4.69) is 31.3 Å². The first kappa shape index (κ1) is 14.3. The van der Waals surface area contributed by atoms with Crippen LogP contribution in [0.2, 0.25) is 0 Å². The molecule has 4 rings (SSSR count). The zero-order valence-corrected chi connectivity index (χ0v) is 14.5. The molecule has 0 atom stereocenters. The summed E-state index contributed by atoms with van der Waals surface area (Å²) in [5.74, 6) is 0. The van der Waals surface area contributed by atoms with Gasteiger partial charge in [-0.3, -0.25) is 4.79 Å². The average Bonchev–Trinajstić information content (AvgIpc) is 2.93. The van der Waals surface area contributed by atoms with Crippen LogP contribution in [0.25, 0.3) is 15.9 Å². The number of anilines is 2. The summed E-state index contributed by atoms with van der Waals surface area (Å²) < 4.78 is 2.19. The van der Waals surface area contributed by atoms with Gasteiger partial charge >= 0.3 is 0 Å². The summed E-state index contributed by atoms with van der Waals surface area (Å²) in [5, 5.41) is 8.73. The number of nitrogens with one attached hydrogen (secondary N) is 1. The Morgan fingerprint density at radius 1 is 1.17 bits per heavy atom. The third kappa shape index (κ3) is 2.62. The molecule has 0 aliphatic rings. The summed E-state index contributed by atoms with van der Waals surface area (Å²) in [5.41, 5.74) is 2.62. The molecule has 0 radical (unpaired) electrons. The molecule has 0 saturated heterocycles. The van der Waals surface area contributed by atoms with Crippen molar-refractivity contribution in [2.45, 2.75) is 6.92 Å². The summed E-state index contributed by atoms with van der Waals surface area (Å²) in [6.45, 7) is 2.04. The fourth-order valence-corrected chi connectivity index (χ4v) is 3.47. The van der Waals surface area contributed by atoms with Gasteiger partial charge in [0.15, 0.2) is 0 Å². The highest BCUT2D eigenvalue weighted by molar-refractivity contribution is 9.10. The van der Waals surface area contributed by atoms with Crippen LogP contribution in [0.3, 0.4) is 0 Å². The average molecular weight is 387 g/mol. The van der Waals surface area contributed by atoms with Gasteiger partial charge in [0.1, 0.15) is 0 Å². The molecule has 0 aliphatic heterocycles. The van der Waals surface area contributed by atoms with E-state index in [0.717, 1.165) is 10.2 Å². The zero-order valence-electron chi connectivity index (χ0n) is 12.1. The van der Waals surface area contributed by atoms with E-state index >= 15 is 0 Å². The van der Waals surface area contributed by atoms with Crippen molar-refractivity contribution in [3.63, 3.8) is 0 Å². The van der Waals surface area contributed by atoms with E-state index in [1.807, 2.05) is 43.3 Å². The van der Waals surface area contributed by atoms with E-state index in [4.69, 9.17) is 0 Å². The van der Waals surface area contributed by atoms with Crippen LogP contribution >= 0.6 is 27.3 Å². The van der Waals surface area contributed by atoms with Crippen LogP contribution in [0.4, 0.5) is 10.8 Å². The molecule has 0 saturated carbocycles. The van der Waals surface area contributed by atoms with Gasteiger partial charge in [-0.1, -0.05) is 45.0 Å². The number of fused-ring (bicyclic) bond motifs is 2. The van der Waals surface area contributed by atoms with Gasteiger partial charge in [-0.15, -0.1) is 5.10 Å². The lowest BCUT2D eigenvalue weighted by molar-refractivity contribution is 0.919. The quantitative estimate of drug-likeness (QED) is 0.562. The van der Waals surface area contributed by atoms with Gasteiger partial charge in [0.2, 0.25) is 10.1 Å². The van der Waals surface area contributed by atoms with Gasteiger partial charge < -0.3 is 5.32 Å². The lowest BCUT2D eigenvalue weighted by Gasteiger charge is -2.01. The molecular formula is C16H11BrN4OS. The molecule has 0 bridgehead atoms. The minimum atomic E-state index is -0.167. The van der Waals surface area contributed by atoms with Gasteiger partial charge in [0.05, 0.1) is 10.9 Å². The Hall–Kier alpha value is -2.25. The number of rotatable bonds is 2. The molecular weight excluding hydrogens is 376 g/mol. The molecule has 2 aromatic carbocycles. The monoisotopic (exact) mass is 386 g/mol.